The van der Waals surface area contributed by atoms with Crippen molar-refractivity contribution in [2.24, 2.45) is 0 Å². The van der Waals surface area contributed by atoms with Crippen LogP contribution in [0.25, 0.3) is 0 Å². The molecule has 1 amide bonds. The highest BCUT2D eigenvalue weighted by Crippen LogP contribution is 2.17. The highest BCUT2D eigenvalue weighted by atomic mass is 16.4. The Balaban J connectivity index is 2.22. The van der Waals surface area contributed by atoms with Crippen LogP contribution in [0.2, 0.25) is 0 Å². The van der Waals surface area contributed by atoms with Crippen molar-refractivity contribution in [3.8, 4) is 0 Å². The minimum Gasteiger partial charge on any atom is -0.478 e. The van der Waals surface area contributed by atoms with E-state index < -0.39 is 5.97 Å². The number of carbonyl (C=O) groups excluding carboxylic acids is 1. The Kier molecular flexibility index (Phi) is 4.10. The molecule has 0 spiro atoms. The van der Waals surface area contributed by atoms with Gasteiger partial charge in [0.2, 0.25) is 0 Å². The molecule has 0 bridgehead atoms. The van der Waals surface area contributed by atoms with Gasteiger partial charge in [-0.05, 0) is 42.3 Å². The number of benzene rings is 1. The molecule has 20 heavy (non-hydrogen) atoms. The van der Waals surface area contributed by atoms with E-state index in [2.05, 4.69) is 10.3 Å². The standard InChI is InChI=1S/C15H14N2O3/c1-2-10-8-12(5-6-13(10)15(19)20)17-14(18)11-4-3-7-16-9-11/h3-9H,2H2,1H3,(H,17,18)(H,19,20). The highest BCUT2D eigenvalue weighted by molar-refractivity contribution is 6.04. The maximum Gasteiger partial charge on any atom is 0.335 e. The lowest BCUT2D eigenvalue weighted by atomic mass is 10.0. The van der Waals surface area contributed by atoms with Crippen LogP contribution in [0.5, 0.6) is 0 Å². The van der Waals surface area contributed by atoms with Gasteiger partial charge >= 0.3 is 5.97 Å². The monoisotopic (exact) mass is 270 g/mol. The molecule has 102 valence electrons. The van der Waals surface area contributed by atoms with Gasteiger partial charge in [0.25, 0.3) is 5.91 Å². The number of carboxylic acid groups (broad SMARTS) is 1. The van der Waals surface area contributed by atoms with Gasteiger partial charge in [-0.15, -0.1) is 0 Å². The molecule has 0 saturated heterocycles. The number of hydrogen-bond acceptors (Lipinski definition) is 3. The number of rotatable bonds is 4. The topological polar surface area (TPSA) is 79.3 Å². The smallest absolute Gasteiger partial charge is 0.335 e. The molecule has 0 saturated carbocycles. The molecular weight excluding hydrogens is 256 g/mol. The van der Waals surface area contributed by atoms with Crippen LogP contribution in [0.4, 0.5) is 5.69 Å². The molecule has 1 aromatic carbocycles. The molecule has 0 aliphatic carbocycles. The van der Waals surface area contributed by atoms with E-state index in [0.29, 0.717) is 23.2 Å². The molecule has 0 aliphatic rings. The van der Waals surface area contributed by atoms with E-state index in [4.69, 9.17) is 5.11 Å². The van der Waals surface area contributed by atoms with E-state index in [0.717, 1.165) is 0 Å². The number of carboxylic acids is 1. The van der Waals surface area contributed by atoms with Crippen LogP contribution in [-0.4, -0.2) is 22.0 Å². The second-order valence-corrected chi connectivity index (χ2v) is 4.23. The third-order valence-corrected chi connectivity index (χ3v) is 2.90. The summed E-state index contributed by atoms with van der Waals surface area (Å²) in [4.78, 5) is 26.9. The second kappa shape index (κ2) is 5.97. The quantitative estimate of drug-likeness (QED) is 0.895. The van der Waals surface area contributed by atoms with Gasteiger partial charge in [0.15, 0.2) is 0 Å². The Morgan fingerprint density at radius 1 is 1.30 bits per heavy atom. The molecule has 0 unspecified atom stereocenters. The molecule has 2 N–H and O–H groups in total. The number of aryl methyl sites for hydroxylation is 1. The number of aromatic carboxylic acids is 1. The third kappa shape index (κ3) is 3.00. The summed E-state index contributed by atoms with van der Waals surface area (Å²) in [6.07, 6.45) is 3.65. The minimum absolute atomic E-state index is 0.256. The Hall–Kier alpha value is -2.69. The van der Waals surface area contributed by atoms with Crippen molar-refractivity contribution >= 4 is 17.6 Å². The number of pyridine rings is 1. The van der Waals surface area contributed by atoms with Gasteiger partial charge in [-0.1, -0.05) is 6.92 Å². The van der Waals surface area contributed by atoms with Gasteiger partial charge < -0.3 is 10.4 Å². The lowest BCUT2D eigenvalue weighted by Crippen LogP contribution is -2.13. The average Bonchev–Trinajstić information content (AvgIpc) is 2.47. The van der Waals surface area contributed by atoms with E-state index in [1.165, 1.54) is 12.3 Å². The summed E-state index contributed by atoms with van der Waals surface area (Å²) in [7, 11) is 0. The molecule has 2 aromatic rings. The number of anilines is 1. The van der Waals surface area contributed by atoms with Crippen LogP contribution in [0.15, 0.2) is 42.7 Å². The van der Waals surface area contributed by atoms with E-state index in [-0.39, 0.29) is 11.5 Å². The predicted octanol–water partition coefficient (Wildman–Crippen LogP) is 2.59. The molecule has 5 nitrogen and oxygen atoms in total. The zero-order chi connectivity index (χ0) is 14.5. The minimum atomic E-state index is -0.966. The summed E-state index contributed by atoms with van der Waals surface area (Å²) in [5.41, 5.74) is 1.96. The fourth-order valence-electron chi connectivity index (χ4n) is 1.87. The average molecular weight is 270 g/mol. The van der Waals surface area contributed by atoms with Gasteiger partial charge in [-0.25, -0.2) is 4.79 Å². The molecule has 5 heteroatoms. The Morgan fingerprint density at radius 2 is 2.10 bits per heavy atom. The Bertz CT molecular complexity index is 639. The van der Waals surface area contributed by atoms with Crippen LogP contribution < -0.4 is 5.32 Å². The molecule has 0 radical (unpaired) electrons. The van der Waals surface area contributed by atoms with Crippen LogP contribution in [-0.2, 0) is 6.42 Å². The van der Waals surface area contributed by atoms with E-state index >= 15 is 0 Å². The van der Waals surface area contributed by atoms with Crippen molar-refractivity contribution in [2.75, 3.05) is 5.32 Å². The number of nitrogens with zero attached hydrogens (tertiary/aromatic N) is 1. The zero-order valence-electron chi connectivity index (χ0n) is 11.0. The maximum absolute atomic E-state index is 12.0. The van der Waals surface area contributed by atoms with Crippen LogP contribution in [0.3, 0.4) is 0 Å². The molecule has 1 aromatic heterocycles. The van der Waals surface area contributed by atoms with Crippen LogP contribution in [0.1, 0.15) is 33.2 Å². The third-order valence-electron chi connectivity index (χ3n) is 2.90. The fraction of sp³-hybridized carbons (Fsp3) is 0.133. The summed E-state index contributed by atoms with van der Waals surface area (Å²) in [6, 6.07) is 8.10. The molecule has 1 heterocycles. The zero-order valence-corrected chi connectivity index (χ0v) is 11.0. The van der Waals surface area contributed by atoms with E-state index in [1.807, 2.05) is 6.92 Å². The first kappa shape index (κ1) is 13.7. The van der Waals surface area contributed by atoms with Crippen molar-refractivity contribution in [1.82, 2.24) is 4.98 Å². The lowest BCUT2D eigenvalue weighted by molar-refractivity contribution is 0.0695. The Labute approximate surface area is 116 Å². The van der Waals surface area contributed by atoms with Crippen molar-refractivity contribution in [1.29, 1.82) is 0 Å². The van der Waals surface area contributed by atoms with Crippen molar-refractivity contribution in [3.63, 3.8) is 0 Å². The summed E-state index contributed by atoms with van der Waals surface area (Å²) in [5, 5.41) is 11.8. The summed E-state index contributed by atoms with van der Waals surface area (Å²) < 4.78 is 0. The fourth-order valence-corrected chi connectivity index (χ4v) is 1.87. The predicted molar refractivity (Wildman–Crippen MR) is 75.0 cm³/mol. The first-order valence-electron chi connectivity index (χ1n) is 6.19. The van der Waals surface area contributed by atoms with Crippen molar-refractivity contribution in [3.05, 3.63) is 59.4 Å². The number of aromatic nitrogens is 1. The van der Waals surface area contributed by atoms with Gasteiger partial charge in [-0.3, -0.25) is 9.78 Å². The Morgan fingerprint density at radius 3 is 2.70 bits per heavy atom. The molecule has 2 rings (SSSR count). The summed E-state index contributed by atoms with van der Waals surface area (Å²) >= 11 is 0. The molecule has 0 aliphatic heterocycles. The van der Waals surface area contributed by atoms with Gasteiger partial charge in [0.1, 0.15) is 0 Å². The van der Waals surface area contributed by atoms with Crippen LogP contribution in [0, 0.1) is 0 Å². The number of amides is 1. The maximum atomic E-state index is 12.0. The molecule has 0 atom stereocenters. The van der Waals surface area contributed by atoms with Crippen molar-refractivity contribution in [2.45, 2.75) is 13.3 Å². The second-order valence-electron chi connectivity index (χ2n) is 4.23. The van der Waals surface area contributed by atoms with E-state index in [1.54, 1.807) is 30.5 Å². The van der Waals surface area contributed by atoms with Gasteiger partial charge in [0.05, 0.1) is 11.1 Å². The highest BCUT2D eigenvalue weighted by Gasteiger charge is 2.11. The van der Waals surface area contributed by atoms with Crippen molar-refractivity contribution < 1.29 is 14.7 Å². The number of nitrogens with one attached hydrogen (secondary N) is 1. The molecule has 0 fully saturated rings. The number of hydrogen-bond donors (Lipinski definition) is 2. The number of carbonyl (C=O) groups is 2. The molecular formula is C15H14N2O3. The van der Waals surface area contributed by atoms with Crippen LogP contribution >= 0.6 is 0 Å². The lowest BCUT2D eigenvalue weighted by Gasteiger charge is -2.09. The largest absolute Gasteiger partial charge is 0.478 e. The summed E-state index contributed by atoms with van der Waals surface area (Å²) in [6.45, 7) is 1.87. The van der Waals surface area contributed by atoms with E-state index in [9.17, 15) is 9.59 Å². The normalized spacial score (nSPS) is 10.1. The van der Waals surface area contributed by atoms with Gasteiger partial charge in [0, 0.05) is 18.1 Å². The first-order valence-corrected chi connectivity index (χ1v) is 6.19. The van der Waals surface area contributed by atoms with Gasteiger partial charge in [-0.2, -0.15) is 0 Å². The SMILES string of the molecule is CCc1cc(NC(=O)c2cccnc2)ccc1C(=O)O. The first-order chi connectivity index (χ1) is 9.61. The summed E-state index contributed by atoms with van der Waals surface area (Å²) in [5.74, 6) is -1.24.